The van der Waals surface area contributed by atoms with Gasteiger partial charge in [0.05, 0.1) is 14.4 Å². The molecule has 0 radical (unpaired) electrons. The molecule has 0 spiro atoms. The Balaban J connectivity index is 2.62. The second-order valence-corrected chi connectivity index (χ2v) is 8.95. The lowest BCUT2D eigenvalue weighted by molar-refractivity contribution is 0.102. The third-order valence-electron chi connectivity index (χ3n) is 2.21. The largest absolute Gasteiger partial charge is 0.292 e. The minimum atomic E-state index is -3.27. The molecule has 0 aliphatic carbocycles. The van der Waals surface area contributed by atoms with Gasteiger partial charge in [-0.3, -0.25) is 4.79 Å². The van der Waals surface area contributed by atoms with E-state index in [1.807, 2.05) is 13.8 Å². The van der Waals surface area contributed by atoms with E-state index in [0.717, 1.165) is 3.79 Å². The lowest BCUT2D eigenvalue weighted by Gasteiger charge is -2.05. The van der Waals surface area contributed by atoms with E-state index < -0.39 is 9.84 Å². The van der Waals surface area contributed by atoms with Crippen LogP contribution in [-0.2, 0) is 9.84 Å². The molecule has 1 heterocycles. The number of carbonyl (C=O) groups is 1. The molecule has 96 valence electrons. The third kappa shape index (κ3) is 5.31. The molecule has 1 rings (SSSR count). The predicted molar refractivity (Wildman–Crippen MR) is 74.5 cm³/mol. The molecule has 3 nitrogen and oxygen atoms in total. The third-order valence-corrected chi connectivity index (χ3v) is 5.43. The van der Waals surface area contributed by atoms with Crippen molar-refractivity contribution < 1.29 is 13.2 Å². The molecule has 1 aromatic rings. The van der Waals surface area contributed by atoms with Gasteiger partial charge in [-0.05, 0) is 40.4 Å². The van der Waals surface area contributed by atoms with Gasteiger partial charge in [0.1, 0.15) is 5.75 Å². The molecular weight excluding hydrogens is 324 g/mol. The predicted octanol–water partition coefficient (Wildman–Crippen LogP) is 3.15. The molecule has 0 N–H and O–H groups in total. The van der Waals surface area contributed by atoms with Crippen LogP contribution in [-0.4, -0.2) is 25.7 Å². The van der Waals surface area contributed by atoms with Gasteiger partial charge in [0.15, 0.2) is 15.6 Å². The molecule has 0 saturated carbocycles. The number of carbonyl (C=O) groups excluding carboxylic acids is 1. The average Bonchev–Trinajstić information content (AvgIpc) is 2.61. The van der Waals surface area contributed by atoms with Crippen molar-refractivity contribution in [2.45, 2.75) is 20.3 Å². The van der Waals surface area contributed by atoms with Crippen LogP contribution in [0, 0.1) is 5.92 Å². The Bertz CT molecular complexity index is 489. The van der Waals surface area contributed by atoms with Crippen LogP contribution in [0.25, 0.3) is 0 Å². The average molecular weight is 339 g/mol. The van der Waals surface area contributed by atoms with Gasteiger partial charge >= 0.3 is 0 Å². The zero-order chi connectivity index (χ0) is 13.1. The van der Waals surface area contributed by atoms with E-state index in [9.17, 15) is 13.2 Å². The molecule has 0 aliphatic rings. The van der Waals surface area contributed by atoms with E-state index in [-0.39, 0.29) is 17.3 Å². The Morgan fingerprint density at radius 2 is 2.06 bits per heavy atom. The molecule has 6 heteroatoms. The highest BCUT2D eigenvalue weighted by atomic mass is 79.9. The summed E-state index contributed by atoms with van der Waals surface area (Å²) < 4.78 is 24.2. The molecule has 0 bridgehead atoms. The number of sulfone groups is 1. The lowest BCUT2D eigenvalue weighted by atomic mass is 10.2. The highest BCUT2D eigenvalue weighted by Gasteiger charge is 2.19. The summed E-state index contributed by atoms with van der Waals surface area (Å²) in [5.41, 5.74) is 0. The summed E-state index contributed by atoms with van der Waals surface area (Å²) in [6.07, 6.45) is 0.601. The number of hydrogen-bond acceptors (Lipinski definition) is 4. The molecular formula is C11H15BrO3S2. The zero-order valence-electron chi connectivity index (χ0n) is 9.77. The van der Waals surface area contributed by atoms with Gasteiger partial charge in [0.25, 0.3) is 0 Å². The lowest BCUT2D eigenvalue weighted by Crippen LogP contribution is -2.19. The standard InChI is InChI=1S/C11H15BrO3S2/c1-8(2)5-6-17(14,15)7-9(13)10-3-4-11(12)16-10/h3-4,8H,5-7H2,1-2H3. The van der Waals surface area contributed by atoms with Gasteiger partial charge in [-0.2, -0.15) is 0 Å². The van der Waals surface area contributed by atoms with Crippen LogP contribution in [0.3, 0.4) is 0 Å². The first-order valence-corrected chi connectivity index (χ1v) is 8.72. The number of Topliss-reactive ketones (excluding diaryl/α,β-unsaturated/α-hetero) is 1. The minimum absolute atomic E-state index is 0.0863. The van der Waals surface area contributed by atoms with Crippen LogP contribution in [0.4, 0.5) is 0 Å². The maximum Gasteiger partial charge on any atom is 0.187 e. The SMILES string of the molecule is CC(C)CCS(=O)(=O)CC(=O)c1ccc(Br)s1. The number of halogens is 1. The van der Waals surface area contributed by atoms with Crippen LogP contribution in [0.2, 0.25) is 0 Å². The van der Waals surface area contributed by atoms with Gasteiger partial charge in [-0.15, -0.1) is 11.3 Å². The first-order chi connectivity index (χ1) is 7.80. The van der Waals surface area contributed by atoms with Crippen molar-refractivity contribution >= 4 is 42.9 Å². The Morgan fingerprint density at radius 3 is 2.53 bits per heavy atom. The molecule has 0 saturated heterocycles. The number of ketones is 1. The highest BCUT2D eigenvalue weighted by Crippen LogP contribution is 2.22. The molecule has 1 aromatic heterocycles. The second-order valence-electron chi connectivity index (χ2n) is 4.30. The van der Waals surface area contributed by atoms with Crippen LogP contribution < -0.4 is 0 Å². The van der Waals surface area contributed by atoms with Crippen LogP contribution in [0.15, 0.2) is 15.9 Å². The van der Waals surface area contributed by atoms with Crippen molar-refractivity contribution in [1.82, 2.24) is 0 Å². The number of rotatable bonds is 6. The summed E-state index contributed by atoms with van der Waals surface area (Å²) in [5, 5.41) is 0. The van der Waals surface area contributed by atoms with Gasteiger partial charge in [-0.25, -0.2) is 8.42 Å². The van der Waals surface area contributed by atoms with Crippen molar-refractivity contribution in [3.8, 4) is 0 Å². The van der Waals surface area contributed by atoms with Gasteiger partial charge in [-0.1, -0.05) is 13.8 Å². The molecule has 0 fully saturated rings. The van der Waals surface area contributed by atoms with Crippen molar-refractivity contribution in [3.05, 3.63) is 20.8 Å². The van der Waals surface area contributed by atoms with Gasteiger partial charge < -0.3 is 0 Å². The van der Waals surface area contributed by atoms with E-state index in [2.05, 4.69) is 15.9 Å². The molecule has 0 unspecified atom stereocenters. The maximum absolute atomic E-state index is 11.7. The van der Waals surface area contributed by atoms with E-state index in [1.54, 1.807) is 12.1 Å². The highest BCUT2D eigenvalue weighted by molar-refractivity contribution is 9.11. The molecule has 17 heavy (non-hydrogen) atoms. The van der Waals surface area contributed by atoms with Crippen LogP contribution >= 0.6 is 27.3 Å². The summed E-state index contributed by atoms with van der Waals surface area (Å²) >= 11 is 4.51. The quantitative estimate of drug-likeness (QED) is 0.748. The molecule has 0 aliphatic heterocycles. The van der Waals surface area contributed by atoms with E-state index >= 15 is 0 Å². The summed E-state index contributed by atoms with van der Waals surface area (Å²) in [4.78, 5) is 12.2. The minimum Gasteiger partial charge on any atom is -0.292 e. The van der Waals surface area contributed by atoms with Crippen LogP contribution in [0.1, 0.15) is 29.9 Å². The summed E-state index contributed by atoms with van der Waals surface area (Å²) in [7, 11) is -3.27. The topological polar surface area (TPSA) is 51.2 Å². The van der Waals surface area contributed by atoms with E-state index in [1.165, 1.54) is 11.3 Å². The smallest absolute Gasteiger partial charge is 0.187 e. The monoisotopic (exact) mass is 338 g/mol. The van der Waals surface area contributed by atoms with Crippen molar-refractivity contribution in [1.29, 1.82) is 0 Å². The number of hydrogen-bond donors (Lipinski definition) is 0. The Morgan fingerprint density at radius 1 is 1.41 bits per heavy atom. The Labute approximate surface area is 114 Å². The fraction of sp³-hybridized carbons (Fsp3) is 0.545. The van der Waals surface area contributed by atoms with Crippen molar-refractivity contribution in [3.63, 3.8) is 0 Å². The zero-order valence-corrected chi connectivity index (χ0v) is 13.0. The number of thiophene rings is 1. The fourth-order valence-electron chi connectivity index (χ4n) is 1.22. The molecule has 0 amide bonds. The van der Waals surface area contributed by atoms with Gasteiger partial charge in [0, 0.05) is 0 Å². The first kappa shape index (κ1) is 14.9. The Kier molecular flexibility index (Phi) is 5.34. The van der Waals surface area contributed by atoms with Crippen molar-refractivity contribution in [2.24, 2.45) is 5.92 Å². The van der Waals surface area contributed by atoms with E-state index in [0.29, 0.717) is 17.2 Å². The summed E-state index contributed by atoms with van der Waals surface area (Å²) in [6.45, 7) is 3.93. The normalized spacial score (nSPS) is 12.0. The first-order valence-electron chi connectivity index (χ1n) is 5.29. The Hall–Kier alpha value is -0.200. The second kappa shape index (κ2) is 6.11. The van der Waals surface area contributed by atoms with Gasteiger partial charge in [0.2, 0.25) is 0 Å². The summed E-state index contributed by atoms with van der Waals surface area (Å²) in [6, 6.07) is 3.40. The van der Waals surface area contributed by atoms with Crippen LogP contribution in [0.5, 0.6) is 0 Å². The molecule has 0 aromatic carbocycles. The fourth-order valence-corrected chi connectivity index (χ4v) is 4.17. The molecule has 0 atom stereocenters. The van der Waals surface area contributed by atoms with E-state index in [4.69, 9.17) is 0 Å². The summed E-state index contributed by atoms with van der Waals surface area (Å²) in [5.74, 6) is -0.282. The maximum atomic E-state index is 11.7. The van der Waals surface area contributed by atoms with Crippen molar-refractivity contribution in [2.75, 3.05) is 11.5 Å².